The first-order valence-electron chi connectivity index (χ1n) is 4.82. The maximum absolute atomic E-state index is 13.2. The van der Waals surface area contributed by atoms with Crippen LogP contribution in [-0.2, 0) is 0 Å². The fourth-order valence-corrected chi connectivity index (χ4v) is 1.65. The molecule has 0 spiro atoms. The van der Waals surface area contributed by atoms with E-state index < -0.39 is 5.76 Å². The maximum atomic E-state index is 13.2. The van der Waals surface area contributed by atoms with Crippen LogP contribution in [0.2, 0.25) is 0 Å². The molecule has 0 amide bonds. The van der Waals surface area contributed by atoms with E-state index >= 15 is 0 Å². The zero-order valence-corrected chi connectivity index (χ0v) is 8.87. The second kappa shape index (κ2) is 3.22. The fourth-order valence-electron chi connectivity index (χ4n) is 1.65. The first-order valence-corrected chi connectivity index (χ1v) is 4.82. The molecule has 0 unspecified atom stereocenters. The summed E-state index contributed by atoms with van der Waals surface area (Å²) in [5.41, 5.74) is 1.46. The lowest BCUT2D eigenvalue weighted by molar-refractivity contribution is 0.477. The summed E-state index contributed by atoms with van der Waals surface area (Å²) in [5, 5.41) is 0. The van der Waals surface area contributed by atoms with E-state index in [0.29, 0.717) is 16.7 Å². The molecule has 0 aliphatic carbocycles. The van der Waals surface area contributed by atoms with Gasteiger partial charge < -0.3 is 4.42 Å². The Kier molecular flexibility index (Phi) is 2.14. The summed E-state index contributed by atoms with van der Waals surface area (Å²) in [6.45, 7) is 5.43. The standard InChI is InChI=1S/C11H12FNO2/c1-6(2)13-9-4-7(3)8(12)5-10(9)15-11(13)14/h4-6H,1-3H3. The number of halogens is 1. The summed E-state index contributed by atoms with van der Waals surface area (Å²) >= 11 is 0. The molecule has 3 nitrogen and oxygen atoms in total. The van der Waals surface area contributed by atoms with E-state index in [1.807, 2.05) is 13.8 Å². The smallest absolute Gasteiger partial charge is 0.408 e. The Hall–Kier alpha value is -1.58. The van der Waals surface area contributed by atoms with E-state index in [0.717, 1.165) is 0 Å². The molecule has 0 atom stereocenters. The largest absolute Gasteiger partial charge is 0.420 e. The Bertz CT molecular complexity index is 566. The maximum Gasteiger partial charge on any atom is 0.420 e. The van der Waals surface area contributed by atoms with E-state index in [-0.39, 0.29) is 11.9 Å². The molecule has 2 aromatic rings. The number of rotatable bonds is 1. The van der Waals surface area contributed by atoms with Crippen molar-refractivity contribution in [3.05, 3.63) is 34.1 Å². The third-order valence-electron chi connectivity index (χ3n) is 2.41. The van der Waals surface area contributed by atoms with Gasteiger partial charge in [-0.15, -0.1) is 0 Å². The van der Waals surface area contributed by atoms with Gasteiger partial charge in [0.25, 0.3) is 0 Å². The zero-order chi connectivity index (χ0) is 11.2. The van der Waals surface area contributed by atoms with Crippen LogP contribution in [-0.4, -0.2) is 4.57 Å². The molecular formula is C11H12FNO2. The summed E-state index contributed by atoms with van der Waals surface area (Å²) in [4.78, 5) is 11.5. The Labute approximate surface area is 86.1 Å². The number of nitrogens with zero attached hydrogens (tertiary/aromatic N) is 1. The van der Waals surface area contributed by atoms with Gasteiger partial charge in [0.15, 0.2) is 5.58 Å². The minimum atomic E-state index is -0.440. The Balaban J connectivity index is 2.88. The van der Waals surface area contributed by atoms with Crippen molar-refractivity contribution in [2.75, 3.05) is 0 Å². The number of aryl methyl sites for hydroxylation is 1. The second-order valence-corrected chi connectivity index (χ2v) is 3.90. The van der Waals surface area contributed by atoms with Gasteiger partial charge in [0.2, 0.25) is 0 Å². The van der Waals surface area contributed by atoms with Crippen LogP contribution < -0.4 is 5.76 Å². The molecule has 0 saturated heterocycles. The van der Waals surface area contributed by atoms with Crippen molar-refractivity contribution in [2.24, 2.45) is 0 Å². The van der Waals surface area contributed by atoms with Gasteiger partial charge in [0.1, 0.15) is 5.82 Å². The number of oxazole rings is 1. The van der Waals surface area contributed by atoms with Crippen LogP contribution in [0.1, 0.15) is 25.5 Å². The Morgan fingerprint density at radius 3 is 2.67 bits per heavy atom. The minimum Gasteiger partial charge on any atom is -0.408 e. The average Bonchev–Trinajstić information content (AvgIpc) is 2.41. The van der Waals surface area contributed by atoms with Crippen molar-refractivity contribution in [2.45, 2.75) is 26.8 Å². The van der Waals surface area contributed by atoms with Crippen molar-refractivity contribution < 1.29 is 8.81 Å². The number of fused-ring (bicyclic) bond motifs is 1. The number of benzene rings is 1. The normalized spacial score (nSPS) is 11.5. The number of aromatic nitrogens is 1. The molecule has 0 radical (unpaired) electrons. The summed E-state index contributed by atoms with van der Waals surface area (Å²) < 4.78 is 19.7. The molecule has 0 saturated carbocycles. The SMILES string of the molecule is Cc1cc2c(cc1F)oc(=O)n2C(C)C. The van der Waals surface area contributed by atoms with Crippen LogP contribution >= 0.6 is 0 Å². The van der Waals surface area contributed by atoms with Gasteiger partial charge >= 0.3 is 5.76 Å². The Morgan fingerprint density at radius 1 is 1.40 bits per heavy atom. The molecule has 1 aromatic heterocycles. The molecule has 80 valence electrons. The summed E-state index contributed by atoms with van der Waals surface area (Å²) in [6, 6.07) is 2.89. The van der Waals surface area contributed by atoms with Crippen molar-refractivity contribution >= 4 is 11.1 Å². The monoisotopic (exact) mass is 209 g/mol. The van der Waals surface area contributed by atoms with Gasteiger partial charge in [-0.3, -0.25) is 4.57 Å². The van der Waals surface area contributed by atoms with Gasteiger partial charge in [-0.1, -0.05) is 0 Å². The van der Waals surface area contributed by atoms with E-state index in [9.17, 15) is 9.18 Å². The van der Waals surface area contributed by atoms with E-state index in [1.165, 1.54) is 10.6 Å². The van der Waals surface area contributed by atoms with Gasteiger partial charge in [0, 0.05) is 12.1 Å². The van der Waals surface area contributed by atoms with Crippen molar-refractivity contribution in [3.63, 3.8) is 0 Å². The van der Waals surface area contributed by atoms with Gasteiger partial charge in [0.05, 0.1) is 5.52 Å². The summed E-state index contributed by atoms with van der Waals surface area (Å²) in [6.07, 6.45) is 0. The molecule has 2 rings (SSSR count). The predicted molar refractivity (Wildman–Crippen MR) is 55.6 cm³/mol. The van der Waals surface area contributed by atoms with E-state index in [1.54, 1.807) is 13.0 Å². The highest BCUT2D eigenvalue weighted by Crippen LogP contribution is 2.20. The Morgan fingerprint density at radius 2 is 2.07 bits per heavy atom. The third kappa shape index (κ3) is 1.46. The summed E-state index contributed by atoms with van der Waals surface area (Å²) in [5.74, 6) is -0.794. The lowest BCUT2D eigenvalue weighted by atomic mass is 10.2. The van der Waals surface area contributed by atoms with Crippen LogP contribution in [0.5, 0.6) is 0 Å². The van der Waals surface area contributed by atoms with Gasteiger partial charge in [-0.25, -0.2) is 9.18 Å². The first-order chi connectivity index (χ1) is 7.00. The molecule has 1 heterocycles. The molecule has 0 N–H and O–H groups in total. The predicted octanol–water partition coefficient (Wildman–Crippen LogP) is 2.62. The highest BCUT2D eigenvalue weighted by molar-refractivity contribution is 5.74. The van der Waals surface area contributed by atoms with Crippen LogP contribution in [0, 0.1) is 12.7 Å². The summed E-state index contributed by atoms with van der Waals surface area (Å²) in [7, 11) is 0. The van der Waals surface area contributed by atoms with E-state index in [4.69, 9.17) is 4.42 Å². The number of hydrogen-bond donors (Lipinski definition) is 0. The van der Waals surface area contributed by atoms with Crippen molar-refractivity contribution in [1.82, 2.24) is 4.57 Å². The van der Waals surface area contributed by atoms with Crippen molar-refractivity contribution in [3.8, 4) is 0 Å². The highest BCUT2D eigenvalue weighted by Gasteiger charge is 2.13. The van der Waals surface area contributed by atoms with Gasteiger partial charge in [-0.05, 0) is 32.4 Å². The zero-order valence-electron chi connectivity index (χ0n) is 8.87. The third-order valence-corrected chi connectivity index (χ3v) is 2.41. The second-order valence-electron chi connectivity index (χ2n) is 3.90. The molecule has 0 fully saturated rings. The minimum absolute atomic E-state index is 0.00334. The van der Waals surface area contributed by atoms with Crippen LogP contribution in [0.3, 0.4) is 0 Å². The molecule has 1 aromatic carbocycles. The lowest BCUT2D eigenvalue weighted by Crippen LogP contribution is -2.15. The van der Waals surface area contributed by atoms with E-state index in [2.05, 4.69) is 0 Å². The molecule has 0 aliphatic rings. The first kappa shape index (κ1) is 9.96. The highest BCUT2D eigenvalue weighted by atomic mass is 19.1. The molecular weight excluding hydrogens is 197 g/mol. The fraction of sp³-hybridized carbons (Fsp3) is 0.364. The molecule has 0 aliphatic heterocycles. The van der Waals surface area contributed by atoms with Crippen LogP contribution in [0.4, 0.5) is 4.39 Å². The average molecular weight is 209 g/mol. The topological polar surface area (TPSA) is 35.1 Å². The van der Waals surface area contributed by atoms with Gasteiger partial charge in [-0.2, -0.15) is 0 Å². The van der Waals surface area contributed by atoms with Crippen LogP contribution in [0.15, 0.2) is 21.3 Å². The van der Waals surface area contributed by atoms with Crippen molar-refractivity contribution in [1.29, 1.82) is 0 Å². The number of hydrogen-bond acceptors (Lipinski definition) is 2. The molecule has 4 heteroatoms. The quantitative estimate of drug-likeness (QED) is 0.723. The lowest BCUT2D eigenvalue weighted by Gasteiger charge is -2.05. The molecule has 0 bridgehead atoms. The van der Waals surface area contributed by atoms with Crippen LogP contribution in [0.25, 0.3) is 11.1 Å². The molecule has 15 heavy (non-hydrogen) atoms.